The van der Waals surface area contributed by atoms with Crippen LogP contribution >= 0.6 is 0 Å². The van der Waals surface area contributed by atoms with Gasteiger partial charge in [0, 0.05) is 24.0 Å². The van der Waals surface area contributed by atoms with E-state index in [0.29, 0.717) is 16.6 Å². The summed E-state index contributed by atoms with van der Waals surface area (Å²) >= 11 is 0. The molecule has 1 heterocycles. The number of halogens is 1. The second-order valence-corrected chi connectivity index (χ2v) is 4.68. The Kier molecular flexibility index (Phi) is 4.20. The lowest BCUT2D eigenvalue weighted by molar-refractivity contribution is 0.0750. The summed E-state index contributed by atoms with van der Waals surface area (Å²) in [5.74, 6) is -0.357. The van der Waals surface area contributed by atoms with Crippen LogP contribution in [-0.4, -0.2) is 28.9 Å². The first-order valence-electron chi connectivity index (χ1n) is 6.73. The molecule has 2 rings (SSSR count). The number of carbonyl (C=O) groups excluding carboxylic acids is 1. The molecule has 3 nitrogen and oxygen atoms in total. The highest BCUT2D eigenvalue weighted by Gasteiger charge is 2.17. The van der Waals surface area contributed by atoms with Crippen molar-refractivity contribution in [2.45, 2.75) is 26.7 Å². The summed E-state index contributed by atoms with van der Waals surface area (Å²) in [7, 11) is 0. The molecule has 0 aliphatic heterocycles. The quantitative estimate of drug-likeness (QED) is 0.878. The van der Waals surface area contributed by atoms with Gasteiger partial charge in [0.25, 0.3) is 5.91 Å². The van der Waals surface area contributed by atoms with Crippen molar-refractivity contribution in [2.75, 3.05) is 13.1 Å². The first kappa shape index (κ1) is 13.6. The fourth-order valence-electron chi connectivity index (χ4n) is 2.26. The number of nitrogens with one attached hydrogen (secondary N) is 1. The second kappa shape index (κ2) is 5.87. The number of aromatic amines is 1. The van der Waals surface area contributed by atoms with Gasteiger partial charge >= 0.3 is 0 Å². The maximum Gasteiger partial charge on any atom is 0.270 e. The average molecular weight is 262 g/mol. The smallest absolute Gasteiger partial charge is 0.270 e. The van der Waals surface area contributed by atoms with Crippen LogP contribution in [0.5, 0.6) is 0 Å². The summed E-state index contributed by atoms with van der Waals surface area (Å²) in [4.78, 5) is 17.2. The van der Waals surface area contributed by atoms with E-state index in [1.165, 1.54) is 6.07 Å². The van der Waals surface area contributed by atoms with Crippen molar-refractivity contribution in [3.05, 3.63) is 35.8 Å². The van der Waals surface area contributed by atoms with Crippen LogP contribution in [0.25, 0.3) is 10.9 Å². The van der Waals surface area contributed by atoms with Crippen LogP contribution in [0.4, 0.5) is 4.39 Å². The zero-order valence-electron chi connectivity index (χ0n) is 11.4. The Labute approximate surface area is 112 Å². The van der Waals surface area contributed by atoms with Crippen LogP contribution in [-0.2, 0) is 0 Å². The molecule has 102 valence electrons. The molecule has 0 unspecified atom stereocenters. The van der Waals surface area contributed by atoms with E-state index in [0.717, 1.165) is 25.9 Å². The lowest BCUT2D eigenvalue weighted by Crippen LogP contribution is -2.32. The minimum atomic E-state index is -0.301. The van der Waals surface area contributed by atoms with Crippen LogP contribution in [0.3, 0.4) is 0 Å². The maximum atomic E-state index is 13.6. The van der Waals surface area contributed by atoms with Gasteiger partial charge < -0.3 is 9.88 Å². The summed E-state index contributed by atoms with van der Waals surface area (Å²) in [6, 6.07) is 6.42. The van der Waals surface area contributed by atoms with Crippen molar-refractivity contribution in [2.24, 2.45) is 0 Å². The molecule has 4 heteroatoms. The van der Waals surface area contributed by atoms with Gasteiger partial charge in [0.15, 0.2) is 0 Å². The maximum absolute atomic E-state index is 13.6. The fourth-order valence-corrected chi connectivity index (χ4v) is 2.26. The highest BCUT2D eigenvalue weighted by atomic mass is 19.1. The first-order valence-corrected chi connectivity index (χ1v) is 6.73. The van der Waals surface area contributed by atoms with E-state index in [9.17, 15) is 9.18 Å². The number of nitrogens with zero attached hydrogens (tertiary/aromatic N) is 1. The molecule has 19 heavy (non-hydrogen) atoms. The van der Waals surface area contributed by atoms with Crippen LogP contribution < -0.4 is 0 Å². The Morgan fingerprint density at radius 1 is 1.26 bits per heavy atom. The van der Waals surface area contributed by atoms with Gasteiger partial charge in [0.1, 0.15) is 11.5 Å². The number of fused-ring (bicyclic) bond motifs is 1. The predicted octanol–water partition coefficient (Wildman–Crippen LogP) is 3.57. The Bertz CT molecular complexity index is 571. The molecular weight excluding hydrogens is 243 g/mol. The lowest BCUT2D eigenvalue weighted by atomic mass is 10.2. The minimum absolute atomic E-state index is 0.0562. The number of aromatic nitrogens is 1. The van der Waals surface area contributed by atoms with Gasteiger partial charge in [-0.3, -0.25) is 4.79 Å². The van der Waals surface area contributed by atoms with Gasteiger partial charge in [-0.25, -0.2) is 4.39 Å². The molecule has 1 aromatic heterocycles. The number of hydrogen-bond acceptors (Lipinski definition) is 1. The van der Waals surface area contributed by atoms with E-state index in [1.807, 2.05) is 18.7 Å². The third kappa shape index (κ3) is 2.78. The molecule has 0 spiro atoms. The van der Waals surface area contributed by atoms with Crippen molar-refractivity contribution in [1.82, 2.24) is 9.88 Å². The van der Waals surface area contributed by atoms with Crippen LogP contribution in [0.15, 0.2) is 24.3 Å². The Hall–Kier alpha value is -1.84. The Morgan fingerprint density at radius 2 is 1.95 bits per heavy atom. The molecule has 0 fully saturated rings. The number of H-pyrrole nitrogens is 1. The van der Waals surface area contributed by atoms with E-state index in [4.69, 9.17) is 0 Å². The van der Waals surface area contributed by atoms with Crippen LogP contribution in [0.1, 0.15) is 37.2 Å². The van der Waals surface area contributed by atoms with Crippen molar-refractivity contribution in [1.29, 1.82) is 0 Å². The summed E-state index contributed by atoms with van der Waals surface area (Å²) in [5, 5.41) is 0.471. The van der Waals surface area contributed by atoms with Gasteiger partial charge in [-0.05, 0) is 31.0 Å². The molecule has 0 saturated heterocycles. The highest BCUT2D eigenvalue weighted by molar-refractivity contribution is 5.98. The van der Waals surface area contributed by atoms with Gasteiger partial charge in [-0.15, -0.1) is 0 Å². The molecule has 0 saturated carbocycles. The summed E-state index contributed by atoms with van der Waals surface area (Å²) < 4.78 is 13.6. The van der Waals surface area contributed by atoms with Gasteiger partial charge in [-0.2, -0.15) is 0 Å². The zero-order valence-corrected chi connectivity index (χ0v) is 11.4. The zero-order chi connectivity index (χ0) is 13.8. The summed E-state index contributed by atoms with van der Waals surface area (Å²) in [5.41, 5.74) is 1.12. The molecule has 0 bridgehead atoms. The standard InChI is InChI=1S/C15H19FN2O/c1-3-8-18(9-4-2)15(19)14-10-11-12(16)6-5-7-13(11)17-14/h5-7,10,17H,3-4,8-9H2,1-2H3. The molecule has 2 aromatic rings. The third-order valence-corrected chi connectivity index (χ3v) is 3.12. The molecule has 0 radical (unpaired) electrons. The van der Waals surface area contributed by atoms with E-state index in [2.05, 4.69) is 4.98 Å². The van der Waals surface area contributed by atoms with Crippen molar-refractivity contribution in [3.8, 4) is 0 Å². The number of carbonyl (C=O) groups is 1. The van der Waals surface area contributed by atoms with E-state index in [1.54, 1.807) is 18.2 Å². The Morgan fingerprint density at radius 3 is 2.53 bits per heavy atom. The second-order valence-electron chi connectivity index (χ2n) is 4.68. The molecule has 0 aliphatic carbocycles. The molecule has 0 aliphatic rings. The summed E-state index contributed by atoms with van der Waals surface area (Å²) in [6.07, 6.45) is 1.83. The van der Waals surface area contributed by atoms with E-state index >= 15 is 0 Å². The molecule has 1 amide bonds. The number of amides is 1. The molecular formula is C15H19FN2O. The summed E-state index contributed by atoms with van der Waals surface area (Å²) in [6.45, 7) is 5.54. The number of hydrogen-bond donors (Lipinski definition) is 1. The van der Waals surface area contributed by atoms with Crippen molar-refractivity contribution >= 4 is 16.8 Å². The third-order valence-electron chi connectivity index (χ3n) is 3.12. The van der Waals surface area contributed by atoms with E-state index in [-0.39, 0.29) is 11.7 Å². The van der Waals surface area contributed by atoms with E-state index < -0.39 is 0 Å². The molecule has 0 atom stereocenters. The Balaban J connectivity index is 2.32. The normalized spacial score (nSPS) is 10.9. The van der Waals surface area contributed by atoms with Crippen molar-refractivity contribution < 1.29 is 9.18 Å². The fraction of sp³-hybridized carbons (Fsp3) is 0.400. The highest BCUT2D eigenvalue weighted by Crippen LogP contribution is 2.19. The number of rotatable bonds is 5. The van der Waals surface area contributed by atoms with Gasteiger partial charge in [0.05, 0.1) is 0 Å². The largest absolute Gasteiger partial charge is 0.350 e. The van der Waals surface area contributed by atoms with Crippen LogP contribution in [0.2, 0.25) is 0 Å². The lowest BCUT2D eigenvalue weighted by Gasteiger charge is -2.20. The van der Waals surface area contributed by atoms with Gasteiger partial charge in [-0.1, -0.05) is 19.9 Å². The average Bonchev–Trinajstić information content (AvgIpc) is 2.83. The van der Waals surface area contributed by atoms with Gasteiger partial charge in [0.2, 0.25) is 0 Å². The monoisotopic (exact) mass is 262 g/mol. The minimum Gasteiger partial charge on any atom is -0.350 e. The topological polar surface area (TPSA) is 36.1 Å². The molecule has 1 aromatic carbocycles. The number of benzene rings is 1. The first-order chi connectivity index (χ1) is 9.17. The van der Waals surface area contributed by atoms with Crippen LogP contribution in [0, 0.1) is 5.82 Å². The van der Waals surface area contributed by atoms with Crippen molar-refractivity contribution in [3.63, 3.8) is 0 Å². The predicted molar refractivity (Wildman–Crippen MR) is 74.7 cm³/mol. The molecule has 1 N–H and O–H groups in total. The SMILES string of the molecule is CCCN(CCC)C(=O)c1cc2c(F)cccc2[nH]1.